The second-order valence-corrected chi connectivity index (χ2v) is 6.88. The lowest BCUT2D eigenvalue weighted by Gasteiger charge is -2.16. The molecule has 0 N–H and O–H groups in total. The smallest absolute Gasteiger partial charge is 0.207 e. The highest BCUT2D eigenvalue weighted by Gasteiger charge is 2.26. The van der Waals surface area contributed by atoms with Crippen LogP contribution in [0.25, 0.3) is 0 Å². The van der Waals surface area contributed by atoms with Gasteiger partial charge in [0, 0.05) is 11.5 Å². The van der Waals surface area contributed by atoms with E-state index in [9.17, 15) is 8.42 Å². The van der Waals surface area contributed by atoms with Crippen molar-refractivity contribution in [1.29, 1.82) is 0 Å². The van der Waals surface area contributed by atoms with E-state index in [0.29, 0.717) is 4.47 Å². The van der Waals surface area contributed by atoms with Crippen molar-refractivity contribution in [2.45, 2.75) is 4.90 Å². The maximum Gasteiger partial charge on any atom is 0.246 e. The predicted octanol–water partition coefficient (Wildman–Crippen LogP) is 3.01. The zero-order chi connectivity index (χ0) is 13.2. The zero-order valence-corrected chi connectivity index (χ0v) is 12.7. The molecular weight excluding hydrogens is 349 g/mol. The summed E-state index contributed by atoms with van der Waals surface area (Å²) in [6, 6.07) is 2.92. The van der Waals surface area contributed by atoms with Gasteiger partial charge in [0.1, 0.15) is 4.90 Å². The summed E-state index contributed by atoms with van der Waals surface area (Å²) in [5.41, 5.74) is 0. The summed E-state index contributed by atoms with van der Waals surface area (Å²) in [4.78, 5) is -0.137. The molecule has 92 valence electrons. The van der Waals surface area contributed by atoms with E-state index in [0.717, 1.165) is 4.31 Å². The molecular formula is C10H8BrCl2NO2S. The van der Waals surface area contributed by atoms with Crippen LogP contribution < -0.4 is 0 Å². The maximum absolute atomic E-state index is 12.1. The number of hydrogen-bond donors (Lipinski definition) is 0. The highest BCUT2D eigenvalue weighted by atomic mass is 79.9. The average molecular weight is 357 g/mol. The monoisotopic (exact) mass is 355 g/mol. The third-order valence-electron chi connectivity index (χ3n) is 1.95. The molecule has 0 heterocycles. The number of rotatable bonds is 3. The van der Waals surface area contributed by atoms with E-state index >= 15 is 0 Å². The van der Waals surface area contributed by atoms with Crippen molar-refractivity contribution in [2.75, 3.05) is 13.6 Å². The Morgan fingerprint density at radius 1 is 1.41 bits per heavy atom. The highest BCUT2D eigenvalue weighted by Crippen LogP contribution is 2.34. The van der Waals surface area contributed by atoms with Gasteiger partial charge in [0.25, 0.3) is 0 Å². The molecule has 0 saturated carbocycles. The lowest BCUT2D eigenvalue weighted by molar-refractivity contribution is 0.503. The van der Waals surface area contributed by atoms with E-state index in [2.05, 4.69) is 21.9 Å². The van der Waals surface area contributed by atoms with E-state index in [1.54, 1.807) is 0 Å². The number of nitrogens with zero attached hydrogens (tertiary/aromatic N) is 1. The molecule has 0 unspecified atom stereocenters. The molecule has 0 amide bonds. The minimum Gasteiger partial charge on any atom is -0.207 e. The van der Waals surface area contributed by atoms with Crippen molar-refractivity contribution in [3.8, 4) is 12.3 Å². The molecule has 0 bridgehead atoms. The van der Waals surface area contributed by atoms with Crippen LogP contribution in [0.5, 0.6) is 0 Å². The van der Waals surface area contributed by atoms with Crippen LogP contribution in [0.1, 0.15) is 0 Å². The predicted molar refractivity (Wildman–Crippen MR) is 72.8 cm³/mol. The molecule has 0 aliphatic carbocycles. The maximum atomic E-state index is 12.1. The Labute approximate surface area is 119 Å². The van der Waals surface area contributed by atoms with Gasteiger partial charge in [-0.2, -0.15) is 4.31 Å². The van der Waals surface area contributed by atoms with Crippen LogP contribution in [-0.4, -0.2) is 26.3 Å². The van der Waals surface area contributed by atoms with Gasteiger partial charge in [-0.3, -0.25) is 0 Å². The summed E-state index contributed by atoms with van der Waals surface area (Å²) >= 11 is 15.0. The van der Waals surface area contributed by atoms with E-state index in [-0.39, 0.29) is 21.5 Å². The second-order valence-electron chi connectivity index (χ2n) is 3.16. The SMILES string of the molecule is C#CCN(C)S(=O)(=O)c1c(Cl)cc(Br)cc1Cl. The van der Waals surface area contributed by atoms with Crippen molar-refractivity contribution >= 4 is 49.2 Å². The van der Waals surface area contributed by atoms with Gasteiger partial charge in [-0.15, -0.1) is 6.42 Å². The summed E-state index contributed by atoms with van der Waals surface area (Å²) in [7, 11) is -2.41. The van der Waals surface area contributed by atoms with Gasteiger partial charge < -0.3 is 0 Å². The van der Waals surface area contributed by atoms with Crippen LogP contribution in [0.3, 0.4) is 0 Å². The van der Waals surface area contributed by atoms with Gasteiger partial charge in [0.2, 0.25) is 10.0 Å². The van der Waals surface area contributed by atoms with E-state index < -0.39 is 10.0 Å². The normalized spacial score (nSPS) is 11.5. The van der Waals surface area contributed by atoms with Gasteiger partial charge in [-0.05, 0) is 12.1 Å². The molecule has 0 spiro atoms. The molecule has 0 atom stereocenters. The largest absolute Gasteiger partial charge is 0.246 e. The third-order valence-corrected chi connectivity index (χ3v) is 5.13. The van der Waals surface area contributed by atoms with Crippen LogP contribution >= 0.6 is 39.1 Å². The molecule has 0 aliphatic rings. The first-order valence-corrected chi connectivity index (χ1v) is 7.34. The number of hydrogen-bond acceptors (Lipinski definition) is 2. The van der Waals surface area contributed by atoms with Crippen LogP contribution in [0.4, 0.5) is 0 Å². The lowest BCUT2D eigenvalue weighted by atomic mass is 10.4. The molecule has 0 aromatic heterocycles. The quantitative estimate of drug-likeness (QED) is 0.780. The van der Waals surface area contributed by atoms with Crippen molar-refractivity contribution in [3.05, 3.63) is 26.7 Å². The topological polar surface area (TPSA) is 37.4 Å². The minimum absolute atomic E-state index is 0.0493. The Bertz CT molecular complexity index is 557. The first-order valence-electron chi connectivity index (χ1n) is 4.35. The Morgan fingerprint density at radius 3 is 2.29 bits per heavy atom. The molecule has 0 fully saturated rings. The van der Waals surface area contributed by atoms with Gasteiger partial charge >= 0.3 is 0 Å². The van der Waals surface area contributed by atoms with Crippen LogP contribution in [-0.2, 0) is 10.0 Å². The fraction of sp³-hybridized carbons (Fsp3) is 0.200. The molecule has 1 aromatic carbocycles. The molecule has 0 radical (unpaired) electrons. The van der Waals surface area contributed by atoms with Gasteiger partial charge in [0.05, 0.1) is 16.6 Å². The van der Waals surface area contributed by atoms with E-state index in [4.69, 9.17) is 29.6 Å². The molecule has 1 rings (SSSR count). The van der Waals surface area contributed by atoms with Crippen LogP contribution in [0.2, 0.25) is 10.0 Å². The summed E-state index contributed by atoms with van der Waals surface area (Å²) in [5.74, 6) is 2.24. The first kappa shape index (κ1) is 14.8. The van der Waals surface area contributed by atoms with Gasteiger partial charge in [-0.1, -0.05) is 45.1 Å². The van der Waals surface area contributed by atoms with Crippen molar-refractivity contribution < 1.29 is 8.42 Å². The third kappa shape index (κ3) is 3.15. The Hall–Kier alpha value is -0.250. The van der Waals surface area contributed by atoms with Crippen molar-refractivity contribution in [3.63, 3.8) is 0 Å². The number of terminal acetylenes is 1. The summed E-state index contributed by atoms with van der Waals surface area (Å²) in [5, 5.41) is 0.0986. The number of benzene rings is 1. The summed E-state index contributed by atoms with van der Waals surface area (Å²) < 4.78 is 25.9. The summed E-state index contributed by atoms with van der Waals surface area (Å²) in [6.45, 7) is -0.0505. The van der Waals surface area contributed by atoms with Crippen molar-refractivity contribution in [1.82, 2.24) is 4.31 Å². The highest BCUT2D eigenvalue weighted by molar-refractivity contribution is 9.10. The Balaban J connectivity index is 3.40. The molecule has 3 nitrogen and oxygen atoms in total. The van der Waals surface area contributed by atoms with E-state index in [1.165, 1.54) is 19.2 Å². The fourth-order valence-electron chi connectivity index (χ4n) is 1.14. The van der Waals surface area contributed by atoms with Crippen molar-refractivity contribution in [2.24, 2.45) is 0 Å². The minimum atomic E-state index is -3.77. The lowest BCUT2D eigenvalue weighted by Crippen LogP contribution is -2.27. The van der Waals surface area contributed by atoms with E-state index in [1.807, 2.05) is 0 Å². The fourth-order valence-corrected chi connectivity index (χ4v) is 4.11. The second kappa shape index (κ2) is 5.59. The number of sulfonamides is 1. The average Bonchev–Trinajstić information content (AvgIpc) is 2.15. The van der Waals surface area contributed by atoms with Crippen LogP contribution in [0.15, 0.2) is 21.5 Å². The van der Waals surface area contributed by atoms with Gasteiger partial charge in [-0.25, -0.2) is 8.42 Å². The molecule has 0 aliphatic heterocycles. The molecule has 17 heavy (non-hydrogen) atoms. The first-order chi connectivity index (χ1) is 7.80. The Kier molecular flexibility index (Phi) is 4.87. The molecule has 1 aromatic rings. The molecule has 0 saturated heterocycles. The van der Waals surface area contributed by atoms with Crippen LogP contribution in [0, 0.1) is 12.3 Å². The zero-order valence-electron chi connectivity index (χ0n) is 8.75. The Morgan fingerprint density at radius 2 is 1.88 bits per heavy atom. The number of halogens is 3. The van der Waals surface area contributed by atoms with Gasteiger partial charge in [0.15, 0.2) is 0 Å². The summed E-state index contributed by atoms with van der Waals surface area (Å²) in [6.07, 6.45) is 5.07. The standard InChI is InChI=1S/C10H8BrCl2NO2S/c1-3-4-14(2)17(15,16)10-8(12)5-7(11)6-9(10)13/h1,5-6H,4H2,2H3. The molecule has 7 heteroatoms.